The van der Waals surface area contributed by atoms with E-state index in [0.29, 0.717) is 5.92 Å². The Labute approximate surface area is 91.3 Å². The predicted molar refractivity (Wildman–Crippen MR) is 68.6 cm³/mol. The lowest BCUT2D eigenvalue weighted by Gasteiger charge is -2.34. The van der Waals surface area contributed by atoms with Gasteiger partial charge in [-0.3, -0.25) is 0 Å². The molecule has 0 bridgehead atoms. The van der Waals surface area contributed by atoms with E-state index in [1.807, 2.05) is 29.6 Å². The lowest BCUT2D eigenvalue weighted by Crippen LogP contribution is -2.27. The van der Waals surface area contributed by atoms with Crippen LogP contribution in [0, 0.1) is 5.92 Å². The Morgan fingerprint density at radius 3 is 2.38 bits per heavy atom. The van der Waals surface area contributed by atoms with Gasteiger partial charge < -0.3 is 0 Å². The largest absolute Gasteiger partial charge is 0.147 e. The Bertz CT molecular complexity index is 159. The molecule has 0 saturated heterocycles. The van der Waals surface area contributed by atoms with E-state index < -0.39 is 0 Å². The van der Waals surface area contributed by atoms with Crippen molar-refractivity contribution >= 4 is 23.5 Å². The molecule has 2 atom stereocenters. The maximum atomic E-state index is 3.88. The normalized spacial score (nSPS) is 17.5. The molecule has 0 saturated carbocycles. The molecule has 0 aromatic rings. The third kappa shape index (κ3) is 3.43. The summed E-state index contributed by atoms with van der Waals surface area (Å²) in [6.45, 7) is 12.1. The molecule has 0 aliphatic rings. The van der Waals surface area contributed by atoms with Crippen LogP contribution < -0.4 is 0 Å². The van der Waals surface area contributed by atoms with Crippen LogP contribution in [0.2, 0.25) is 0 Å². The van der Waals surface area contributed by atoms with Crippen LogP contribution in [0.25, 0.3) is 0 Å². The molecule has 0 aliphatic carbocycles. The summed E-state index contributed by atoms with van der Waals surface area (Å²) >= 11 is 3.91. The van der Waals surface area contributed by atoms with Gasteiger partial charge in [-0.15, -0.1) is 36.7 Å². The summed E-state index contributed by atoms with van der Waals surface area (Å²) in [6.07, 6.45) is 7.37. The van der Waals surface area contributed by atoms with Crippen LogP contribution in [0.4, 0.5) is 0 Å². The molecular weight excluding hydrogens is 196 g/mol. The predicted octanol–water partition coefficient (Wildman–Crippen LogP) is 4.20. The lowest BCUT2D eigenvalue weighted by atomic mass is 10.1. The van der Waals surface area contributed by atoms with Crippen molar-refractivity contribution in [2.45, 2.75) is 24.3 Å². The van der Waals surface area contributed by atoms with Crippen LogP contribution in [0.3, 0.4) is 0 Å². The molecule has 0 spiro atoms. The number of rotatable bonds is 7. The van der Waals surface area contributed by atoms with Crippen LogP contribution in [-0.4, -0.2) is 16.1 Å². The molecule has 76 valence electrons. The van der Waals surface area contributed by atoms with Gasteiger partial charge in [-0.05, 0) is 18.6 Å². The molecule has 2 heteroatoms. The minimum atomic E-state index is 0.288. The van der Waals surface area contributed by atoms with Crippen molar-refractivity contribution in [1.82, 2.24) is 0 Å². The highest BCUT2D eigenvalue weighted by molar-refractivity contribution is 8.18. The van der Waals surface area contributed by atoms with Gasteiger partial charge >= 0.3 is 0 Å². The summed E-state index contributed by atoms with van der Waals surface area (Å²) in [6, 6.07) is 0. The Morgan fingerprint density at radius 1 is 1.46 bits per heavy atom. The Balaban J connectivity index is 4.46. The molecule has 0 aromatic carbocycles. The fourth-order valence-corrected chi connectivity index (χ4v) is 3.72. The van der Waals surface area contributed by atoms with E-state index in [9.17, 15) is 0 Å². The lowest BCUT2D eigenvalue weighted by molar-refractivity contribution is 0.612. The van der Waals surface area contributed by atoms with Crippen molar-refractivity contribution in [2.75, 3.05) is 12.0 Å². The van der Waals surface area contributed by atoms with Crippen LogP contribution in [0.5, 0.6) is 0 Å². The second-order valence-corrected chi connectivity index (χ2v) is 5.74. The summed E-state index contributed by atoms with van der Waals surface area (Å²) in [5.74, 6) is 1.56. The SMILES string of the molecule is C=CCSC(CC)(SC)C(C)C=C. The minimum absolute atomic E-state index is 0.288. The smallest absolute Gasteiger partial charge is 0.0668 e. The van der Waals surface area contributed by atoms with Crippen molar-refractivity contribution in [3.05, 3.63) is 25.3 Å². The zero-order chi connectivity index (χ0) is 10.3. The summed E-state index contributed by atoms with van der Waals surface area (Å²) < 4.78 is 0.288. The molecule has 0 aromatic heterocycles. The molecule has 13 heavy (non-hydrogen) atoms. The van der Waals surface area contributed by atoms with Crippen molar-refractivity contribution < 1.29 is 0 Å². The maximum Gasteiger partial charge on any atom is 0.0668 e. The van der Waals surface area contributed by atoms with Crippen LogP contribution in [0.15, 0.2) is 25.3 Å². The quantitative estimate of drug-likeness (QED) is 0.462. The van der Waals surface area contributed by atoms with Gasteiger partial charge in [0, 0.05) is 5.75 Å². The Morgan fingerprint density at radius 2 is 2.08 bits per heavy atom. The Hall–Kier alpha value is 0.180. The van der Waals surface area contributed by atoms with Gasteiger partial charge in [-0.1, -0.05) is 26.0 Å². The van der Waals surface area contributed by atoms with Gasteiger partial charge in [0.2, 0.25) is 0 Å². The van der Waals surface area contributed by atoms with Gasteiger partial charge in [0.1, 0.15) is 0 Å². The minimum Gasteiger partial charge on any atom is -0.147 e. The van der Waals surface area contributed by atoms with Crippen LogP contribution in [0.1, 0.15) is 20.3 Å². The molecule has 0 N–H and O–H groups in total. The van der Waals surface area contributed by atoms with E-state index in [4.69, 9.17) is 0 Å². The van der Waals surface area contributed by atoms with E-state index in [1.54, 1.807) is 0 Å². The van der Waals surface area contributed by atoms with E-state index in [2.05, 4.69) is 39.3 Å². The molecule has 0 heterocycles. The van der Waals surface area contributed by atoms with Crippen molar-refractivity contribution in [2.24, 2.45) is 5.92 Å². The summed E-state index contributed by atoms with van der Waals surface area (Å²) in [5, 5.41) is 0. The molecule has 2 unspecified atom stereocenters. The topological polar surface area (TPSA) is 0 Å². The summed E-state index contributed by atoms with van der Waals surface area (Å²) in [4.78, 5) is 0. The average Bonchev–Trinajstić information content (AvgIpc) is 2.19. The number of thioether (sulfide) groups is 2. The van der Waals surface area contributed by atoms with E-state index in [1.165, 1.54) is 6.42 Å². The van der Waals surface area contributed by atoms with Gasteiger partial charge in [0.25, 0.3) is 0 Å². The molecule has 0 radical (unpaired) electrons. The molecule has 0 amide bonds. The highest BCUT2D eigenvalue weighted by Gasteiger charge is 2.31. The van der Waals surface area contributed by atoms with E-state index in [0.717, 1.165) is 5.75 Å². The number of hydrogen-bond acceptors (Lipinski definition) is 2. The third-order valence-electron chi connectivity index (χ3n) is 2.33. The highest BCUT2D eigenvalue weighted by Crippen LogP contribution is 2.45. The molecule has 0 fully saturated rings. The second-order valence-electron chi connectivity index (χ2n) is 2.99. The van der Waals surface area contributed by atoms with Gasteiger partial charge in [-0.2, -0.15) is 0 Å². The molecular formula is C11H20S2. The number of hydrogen-bond donors (Lipinski definition) is 0. The van der Waals surface area contributed by atoms with Gasteiger partial charge in [0.05, 0.1) is 4.08 Å². The van der Waals surface area contributed by atoms with E-state index >= 15 is 0 Å². The molecule has 0 rings (SSSR count). The number of allylic oxidation sites excluding steroid dienone is 1. The highest BCUT2D eigenvalue weighted by atomic mass is 32.2. The molecule has 0 nitrogen and oxygen atoms in total. The van der Waals surface area contributed by atoms with Crippen LogP contribution in [-0.2, 0) is 0 Å². The van der Waals surface area contributed by atoms with Crippen molar-refractivity contribution in [3.8, 4) is 0 Å². The first kappa shape index (κ1) is 13.2. The first-order valence-electron chi connectivity index (χ1n) is 4.59. The fourth-order valence-electron chi connectivity index (χ4n) is 1.32. The van der Waals surface area contributed by atoms with Gasteiger partial charge in [-0.25, -0.2) is 0 Å². The van der Waals surface area contributed by atoms with Crippen molar-refractivity contribution in [1.29, 1.82) is 0 Å². The zero-order valence-corrected chi connectivity index (χ0v) is 10.5. The first-order valence-corrected chi connectivity index (χ1v) is 6.80. The molecule has 0 aliphatic heterocycles. The monoisotopic (exact) mass is 216 g/mol. The zero-order valence-electron chi connectivity index (χ0n) is 8.88. The second kappa shape index (κ2) is 6.61. The van der Waals surface area contributed by atoms with Gasteiger partial charge in [0.15, 0.2) is 0 Å². The standard InChI is InChI=1S/C11H20S2/c1-6-9-13-11(8-3,12-5)10(4)7-2/h6-7,10H,1-2,8-9H2,3-5H3. The van der Waals surface area contributed by atoms with Crippen LogP contribution >= 0.6 is 23.5 Å². The average molecular weight is 216 g/mol. The Kier molecular flexibility index (Phi) is 6.70. The first-order chi connectivity index (χ1) is 6.16. The third-order valence-corrected chi connectivity index (χ3v) is 6.09. The summed E-state index contributed by atoms with van der Waals surface area (Å²) in [7, 11) is 0. The summed E-state index contributed by atoms with van der Waals surface area (Å²) in [5.41, 5.74) is 0. The fraction of sp³-hybridized carbons (Fsp3) is 0.636. The van der Waals surface area contributed by atoms with Crippen molar-refractivity contribution in [3.63, 3.8) is 0 Å². The maximum absolute atomic E-state index is 3.88. The van der Waals surface area contributed by atoms with E-state index in [-0.39, 0.29) is 4.08 Å².